The van der Waals surface area contributed by atoms with Crippen LogP contribution in [0.25, 0.3) is 0 Å². The predicted octanol–water partition coefficient (Wildman–Crippen LogP) is 3.85. The molecule has 1 N–H and O–H groups in total. The topological polar surface area (TPSA) is 24.9 Å². The summed E-state index contributed by atoms with van der Waals surface area (Å²) in [5, 5.41) is 2.79. The lowest BCUT2D eigenvalue weighted by Crippen LogP contribution is -2.06. The lowest BCUT2D eigenvalue weighted by molar-refractivity contribution is -0.137. The van der Waals surface area contributed by atoms with Crippen molar-refractivity contribution in [3.05, 3.63) is 59.7 Å². The van der Waals surface area contributed by atoms with Gasteiger partial charge in [0.05, 0.1) is 11.8 Å². The molecule has 1 aromatic heterocycles. The Labute approximate surface area is 107 Å². The van der Waals surface area contributed by atoms with Crippen LogP contribution in [0.5, 0.6) is 0 Å². The van der Waals surface area contributed by atoms with Crippen LogP contribution in [0.15, 0.2) is 42.7 Å². The average Bonchev–Trinajstić information content (AvgIpc) is 2.36. The summed E-state index contributed by atoms with van der Waals surface area (Å²) < 4.78 is 50.4. The minimum Gasteiger partial charge on any atom is -0.381 e. The Morgan fingerprint density at radius 3 is 2.58 bits per heavy atom. The number of pyridine rings is 1. The average molecular weight is 270 g/mol. The van der Waals surface area contributed by atoms with Gasteiger partial charge in [0, 0.05) is 18.4 Å². The van der Waals surface area contributed by atoms with E-state index in [1.165, 1.54) is 24.4 Å². The third kappa shape index (κ3) is 3.67. The van der Waals surface area contributed by atoms with Gasteiger partial charge in [0.15, 0.2) is 0 Å². The Kier molecular flexibility index (Phi) is 3.69. The van der Waals surface area contributed by atoms with E-state index in [0.717, 1.165) is 18.3 Å². The summed E-state index contributed by atoms with van der Waals surface area (Å²) in [4.78, 5) is 3.66. The minimum absolute atomic E-state index is 0.200. The summed E-state index contributed by atoms with van der Waals surface area (Å²) in [6.07, 6.45) is -1.87. The molecule has 0 fully saturated rings. The quantitative estimate of drug-likeness (QED) is 0.857. The summed E-state index contributed by atoms with van der Waals surface area (Å²) in [5.41, 5.74) is 0.145. The number of hydrogen-bond acceptors (Lipinski definition) is 2. The first kappa shape index (κ1) is 13.3. The predicted molar refractivity (Wildman–Crippen MR) is 63.0 cm³/mol. The first-order chi connectivity index (χ1) is 8.95. The summed E-state index contributed by atoms with van der Waals surface area (Å²) in [5.74, 6) is -0.483. The third-order valence-corrected chi connectivity index (χ3v) is 2.45. The van der Waals surface area contributed by atoms with Gasteiger partial charge in [-0.1, -0.05) is 6.07 Å². The maximum atomic E-state index is 12.9. The number of aromatic nitrogens is 1. The molecule has 19 heavy (non-hydrogen) atoms. The highest BCUT2D eigenvalue weighted by Crippen LogP contribution is 2.30. The first-order valence-corrected chi connectivity index (χ1v) is 5.46. The number of nitrogens with one attached hydrogen (secondary N) is 1. The number of halogens is 4. The smallest absolute Gasteiger partial charge is 0.381 e. The van der Waals surface area contributed by atoms with Gasteiger partial charge in [-0.2, -0.15) is 13.2 Å². The largest absolute Gasteiger partial charge is 0.416 e. The molecule has 0 radical (unpaired) electrons. The fourth-order valence-electron chi connectivity index (χ4n) is 1.56. The van der Waals surface area contributed by atoms with Crippen molar-refractivity contribution in [3.63, 3.8) is 0 Å². The molecule has 2 nitrogen and oxygen atoms in total. The summed E-state index contributed by atoms with van der Waals surface area (Å²) >= 11 is 0. The molecule has 2 aromatic rings. The molecule has 0 saturated carbocycles. The van der Waals surface area contributed by atoms with Crippen LogP contribution in [-0.4, -0.2) is 4.98 Å². The number of hydrogen-bond donors (Lipinski definition) is 1. The molecule has 0 aliphatic heterocycles. The van der Waals surface area contributed by atoms with Crippen LogP contribution in [-0.2, 0) is 12.7 Å². The number of benzene rings is 1. The Balaban J connectivity index is 2.08. The molecule has 0 bridgehead atoms. The van der Waals surface area contributed by atoms with Gasteiger partial charge in [0.25, 0.3) is 0 Å². The van der Waals surface area contributed by atoms with E-state index in [-0.39, 0.29) is 6.54 Å². The number of rotatable bonds is 3. The van der Waals surface area contributed by atoms with Crippen LogP contribution >= 0.6 is 0 Å². The van der Waals surface area contributed by atoms with Gasteiger partial charge < -0.3 is 5.32 Å². The summed E-state index contributed by atoms with van der Waals surface area (Å²) in [6.45, 7) is 0.200. The van der Waals surface area contributed by atoms with E-state index in [4.69, 9.17) is 0 Å². The Hall–Kier alpha value is -2.11. The van der Waals surface area contributed by atoms with Crippen molar-refractivity contribution in [2.24, 2.45) is 0 Å². The van der Waals surface area contributed by atoms with E-state index in [9.17, 15) is 17.6 Å². The van der Waals surface area contributed by atoms with E-state index in [2.05, 4.69) is 10.3 Å². The Morgan fingerprint density at radius 2 is 1.89 bits per heavy atom. The van der Waals surface area contributed by atoms with Crippen molar-refractivity contribution < 1.29 is 17.6 Å². The van der Waals surface area contributed by atoms with Crippen LogP contribution in [0.3, 0.4) is 0 Å². The highest BCUT2D eigenvalue weighted by molar-refractivity contribution is 5.46. The van der Waals surface area contributed by atoms with E-state index >= 15 is 0 Å². The van der Waals surface area contributed by atoms with E-state index in [1.54, 1.807) is 0 Å². The van der Waals surface area contributed by atoms with Crippen molar-refractivity contribution >= 4 is 5.69 Å². The SMILES string of the molecule is Fc1cncc(CNc2cccc(C(F)(F)F)c2)c1. The fraction of sp³-hybridized carbons (Fsp3) is 0.154. The monoisotopic (exact) mass is 270 g/mol. The van der Waals surface area contributed by atoms with E-state index < -0.39 is 17.6 Å². The lowest BCUT2D eigenvalue weighted by Gasteiger charge is -2.10. The van der Waals surface area contributed by atoms with Gasteiger partial charge in [-0.3, -0.25) is 4.98 Å². The summed E-state index contributed by atoms with van der Waals surface area (Å²) in [7, 11) is 0. The van der Waals surface area contributed by atoms with Gasteiger partial charge in [-0.25, -0.2) is 4.39 Å². The van der Waals surface area contributed by atoms with Crippen molar-refractivity contribution in [2.45, 2.75) is 12.7 Å². The third-order valence-electron chi connectivity index (χ3n) is 2.45. The second kappa shape index (κ2) is 5.26. The van der Waals surface area contributed by atoms with Crippen molar-refractivity contribution in [3.8, 4) is 0 Å². The van der Waals surface area contributed by atoms with Crippen molar-refractivity contribution in [1.82, 2.24) is 4.98 Å². The second-order valence-electron chi connectivity index (χ2n) is 3.94. The van der Waals surface area contributed by atoms with Gasteiger partial charge in [-0.15, -0.1) is 0 Å². The molecule has 6 heteroatoms. The molecule has 100 valence electrons. The molecule has 0 spiro atoms. The zero-order chi connectivity index (χ0) is 13.9. The highest BCUT2D eigenvalue weighted by atomic mass is 19.4. The maximum Gasteiger partial charge on any atom is 0.416 e. The maximum absolute atomic E-state index is 12.9. The fourth-order valence-corrected chi connectivity index (χ4v) is 1.56. The van der Waals surface area contributed by atoms with Crippen LogP contribution in [0, 0.1) is 5.82 Å². The minimum atomic E-state index is -4.38. The second-order valence-corrected chi connectivity index (χ2v) is 3.94. The van der Waals surface area contributed by atoms with Gasteiger partial charge in [-0.05, 0) is 29.8 Å². The van der Waals surface area contributed by atoms with E-state index in [1.807, 2.05) is 0 Å². The molecule has 0 unspecified atom stereocenters. The van der Waals surface area contributed by atoms with Crippen molar-refractivity contribution in [2.75, 3.05) is 5.32 Å². The molecular weight excluding hydrogens is 260 g/mol. The first-order valence-electron chi connectivity index (χ1n) is 5.46. The zero-order valence-corrected chi connectivity index (χ0v) is 9.71. The standard InChI is InChI=1S/C13H10F4N2/c14-11-4-9(6-18-8-11)7-19-12-3-1-2-10(5-12)13(15,16)17/h1-6,8,19H,7H2. The molecular formula is C13H10F4N2. The van der Waals surface area contributed by atoms with Gasteiger partial charge >= 0.3 is 6.18 Å². The molecule has 0 amide bonds. The molecule has 0 saturated heterocycles. The van der Waals surface area contributed by atoms with E-state index in [0.29, 0.717) is 11.3 Å². The highest BCUT2D eigenvalue weighted by Gasteiger charge is 2.30. The van der Waals surface area contributed by atoms with Crippen LogP contribution in [0.2, 0.25) is 0 Å². The Morgan fingerprint density at radius 1 is 1.11 bits per heavy atom. The van der Waals surface area contributed by atoms with Crippen LogP contribution in [0.1, 0.15) is 11.1 Å². The number of alkyl halides is 3. The number of anilines is 1. The van der Waals surface area contributed by atoms with Crippen LogP contribution < -0.4 is 5.32 Å². The summed E-state index contributed by atoms with van der Waals surface area (Å²) in [6, 6.07) is 6.10. The van der Waals surface area contributed by atoms with Gasteiger partial charge in [0.2, 0.25) is 0 Å². The molecule has 1 aromatic carbocycles. The zero-order valence-electron chi connectivity index (χ0n) is 9.71. The molecule has 0 aliphatic carbocycles. The van der Waals surface area contributed by atoms with Gasteiger partial charge in [0.1, 0.15) is 5.82 Å². The van der Waals surface area contributed by atoms with Crippen molar-refractivity contribution in [1.29, 1.82) is 0 Å². The molecule has 0 atom stereocenters. The normalized spacial score (nSPS) is 11.4. The molecule has 2 rings (SSSR count). The molecule has 0 aliphatic rings. The Bertz CT molecular complexity index is 567. The molecule has 1 heterocycles. The lowest BCUT2D eigenvalue weighted by atomic mass is 10.2. The number of nitrogens with zero attached hydrogens (tertiary/aromatic N) is 1. The van der Waals surface area contributed by atoms with Crippen LogP contribution in [0.4, 0.5) is 23.2 Å².